The minimum absolute atomic E-state index is 0.00241. The molecule has 9 aromatic carbocycles. The number of carboxylic acids is 6. The van der Waals surface area contributed by atoms with Crippen LogP contribution in [0.25, 0.3) is 0 Å². The van der Waals surface area contributed by atoms with Gasteiger partial charge in [0.15, 0.2) is 28.7 Å². The lowest BCUT2D eigenvalue weighted by Gasteiger charge is -2.02. The van der Waals surface area contributed by atoms with Gasteiger partial charge in [0, 0.05) is 0 Å². The molecule has 0 aliphatic heterocycles. The number of carbonyl (C=O) groups is 6. The third kappa shape index (κ3) is 31.5. The molecule has 0 saturated carbocycles. The van der Waals surface area contributed by atoms with Crippen LogP contribution < -0.4 is 5.30 Å². The van der Waals surface area contributed by atoms with E-state index in [1.165, 1.54) is 103 Å². The van der Waals surface area contributed by atoms with Crippen molar-refractivity contribution < 1.29 is 141 Å². The maximum absolute atomic E-state index is 10.6. The monoisotopic (exact) mass is 1460 g/mol. The maximum atomic E-state index is 10.6. The number of aromatic carboxylic acids is 6. The molecule has 101 heavy (non-hydrogen) atoms. The van der Waals surface area contributed by atoms with Crippen LogP contribution in [0.2, 0.25) is 0 Å². The second kappa shape index (κ2) is 39.5. The summed E-state index contributed by atoms with van der Waals surface area (Å²) in [6.07, 6.45) is 0. The van der Waals surface area contributed by atoms with Gasteiger partial charge in [-0.05, 0) is 205 Å². The molecule has 0 heterocycles. The molecule has 0 amide bonds. The van der Waals surface area contributed by atoms with Gasteiger partial charge >= 0.3 is 43.4 Å². The van der Waals surface area contributed by atoms with E-state index in [4.69, 9.17) is 90.4 Å². The van der Waals surface area contributed by atoms with Crippen molar-refractivity contribution in [2.24, 2.45) is 0 Å². The molecule has 0 radical (unpaired) electrons. The van der Waals surface area contributed by atoms with E-state index in [2.05, 4.69) is 0 Å². The van der Waals surface area contributed by atoms with Gasteiger partial charge in [-0.3, -0.25) is 13.7 Å². The third-order valence-corrected chi connectivity index (χ3v) is 15.3. The van der Waals surface area contributed by atoms with Crippen LogP contribution >= 0.6 is 7.60 Å². The summed E-state index contributed by atoms with van der Waals surface area (Å²) in [6, 6.07) is 40.7. The summed E-state index contributed by atoms with van der Waals surface area (Å²) < 4.78 is 70.0. The number of benzene rings is 9. The highest BCUT2D eigenvalue weighted by molar-refractivity contribution is 7.86. The summed E-state index contributed by atoms with van der Waals surface area (Å²) in [4.78, 5) is 80.0. The Bertz CT molecular complexity index is 4610. The summed E-state index contributed by atoms with van der Waals surface area (Å²) in [6.45, 7) is 15.6. The molecule has 32 heteroatoms. The summed E-state index contributed by atoms with van der Waals surface area (Å²) in [5.41, 5.74) is 6.55. The lowest BCUT2D eigenvalue weighted by atomic mass is 10.0. The highest BCUT2D eigenvalue weighted by Crippen LogP contribution is 2.35. The van der Waals surface area contributed by atoms with Crippen LogP contribution in [0.4, 0.5) is 0 Å². The normalized spacial score (nSPS) is 10.2. The fourth-order valence-electron chi connectivity index (χ4n) is 7.38. The number of aryl methyl sites for hydroxylation is 9. The number of carboxylic acid groups (broad SMARTS) is 6. The number of para-hydroxylation sites is 1. The quantitative estimate of drug-likeness (QED) is 0.0362. The van der Waals surface area contributed by atoms with Crippen molar-refractivity contribution in [2.75, 3.05) is 0 Å². The summed E-state index contributed by atoms with van der Waals surface area (Å²) >= 11 is 0. The zero-order chi connectivity index (χ0) is 77.8. The first-order chi connectivity index (χ1) is 46.5. The third-order valence-electron chi connectivity index (χ3n) is 12.6. The van der Waals surface area contributed by atoms with Gasteiger partial charge in [0.1, 0.15) is 27.7 Å². The number of aromatic hydroxyl groups is 8. The molecule has 9 aromatic rings. The van der Waals surface area contributed by atoms with E-state index in [0.717, 1.165) is 28.3 Å². The fraction of sp³-hybridized carbons (Fsp3) is 0.130. The SMILES string of the molecule is Cc1cc(C(=O)O)cc(C(=O)O)c1.Cc1cc(O)c(O)c(O)c1.Cc1ccc(C(=O)O)c(C(=O)O)c1.Cc1ccc(C(=O)O)c(O)c1.Cc1ccc(O)c(S(=O)(=O)O)c1.Cc1ccc(O)cc1C(=O)O.Cc1ccc(P(=O)(O)O)cc1.Cc1ccc(S(=O)(=O)O)cc1.Cc1cccc(O)c1O. The molecule has 540 valence electrons. The van der Waals surface area contributed by atoms with Crippen molar-refractivity contribution >= 4 is 69.0 Å². The van der Waals surface area contributed by atoms with Crippen LogP contribution in [-0.2, 0) is 24.8 Å². The average molecular weight is 1460 g/mol. The first-order valence-electron chi connectivity index (χ1n) is 28.3. The van der Waals surface area contributed by atoms with Gasteiger partial charge in [-0.1, -0.05) is 77.4 Å². The topological polar surface area (TPSA) is 552 Å². The molecule has 0 aliphatic carbocycles. The van der Waals surface area contributed by atoms with Crippen molar-refractivity contribution in [3.63, 3.8) is 0 Å². The number of hydrogen-bond acceptors (Lipinski definition) is 19. The molecule has 0 unspecified atom stereocenters. The van der Waals surface area contributed by atoms with E-state index >= 15 is 0 Å². The number of phenols is 8. The van der Waals surface area contributed by atoms with Crippen molar-refractivity contribution in [3.05, 3.63) is 253 Å². The molecular weight excluding hydrogens is 1390 g/mol. The van der Waals surface area contributed by atoms with Gasteiger partial charge in [-0.2, -0.15) is 16.8 Å². The Hall–Kier alpha value is -11.8. The van der Waals surface area contributed by atoms with Crippen LogP contribution in [0.15, 0.2) is 180 Å². The predicted molar refractivity (Wildman–Crippen MR) is 367 cm³/mol. The minimum atomic E-state index is -4.31. The lowest BCUT2D eigenvalue weighted by Crippen LogP contribution is -2.07. The van der Waals surface area contributed by atoms with Crippen molar-refractivity contribution in [1.82, 2.24) is 0 Å². The van der Waals surface area contributed by atoms with Gasteiger partial charge in [-0.15, -0.1) is 0 Å². The molecule has 0 aromatic heterocycles. The van der Waals surface area contributed by atoms with Crippen LogP contribution in [0.3, 0.4) is 0 Å². The standard InChI is InChI=1S/2C9H8O4.2C8H8O3.C7H8O4S.C7H9O3P.C7H8O3S.C7H8O3.C7H8O2/c1-5-2-6(8(10)11)4-7(3-5)9(12)13;1-5-2-3-6(8(10)11)7(4-5)9(12)13;1-5-2-3-6(9)4-7(5)8(10)11;1-5-2-3-6(8(10)11)7(9)4-5;1-5-2-3-6(8)7(4-5)12(9,10)11;2*1-6-2-4-7(5-3-6)11(8,9)10;1-4-2-5(8)7(10)6(9)3-4;1-5-3-2-4-6(8)7(5)9/h2*2-4H,1H3,(H,10,11)(H,12,13);2*2-4,9H,1H3,(H,10,11);2-4,8H,1H3,(H,9,10,11);2-5H,1H3,(H2,8,9,10);2-5H,1H3,(H,8,9,10);2-3,8-10H,1H3;2-4,8-9H,1H3. The molecule has 0 bridgehead atoms. The Kier molecular flexibility index (Phi) is 34.1. The number of rotatable bonds is 9. The fourth-order valence-corrected chi connectivity index (χ4v) is 9.06. The van der Waals surface area contributed by atoms with Crippen LogP contribution in [0.1, 0.15) is 112 Å². The van der Waals surface area contributed by atoms with Crippen molar-refractivity contribution in [3.8, 4) is 46.0 Å². The molecule has 0 spiro atoms. The highest BCUT2D eigenvalue weighted by Gasteiger charge is 2.18. The second-order valence-corrected chi connectivity index (χ2v) is 25.6. The molecule has 0 aliphatic rings. The Labute approximate surface area is 578 Å². The Morgan fingerprint density at radius 2 is 0.723 bits per heavy atom. The zero-order valence-electron chi connectivity index (χ0n) is 55.0. The van der Waals surface area contributed by atoms with Gasteiger partial charge < -0.3 is 81.3 Å². The largest absolute Gasteiger partial charge is 0.508 e. The van der Waals surface area contributed by atoms with Gasteiger partial charge in [0.2, 0.25) is 0 Å². The molecule has 0 atom stereocenters. The first-order valence-corrected chi connectivity index (χ1v) is 32.8. The molecule has 18 N–H and O–H groups in total. The van der Waals surface area contributed by atoms with E-state index in [1.54, 1.807) is 109 Å². The van der Waals surface area contributed by atoms with Gasteiger partial charge in [-0.25, -0.2) is 28.8 Å². The van der Waals surface area contributed by atoms with Gasteiger partial charge in [0.05, 0.1) is 38.0 Å². The Morgan fingerprint density at radius 1 is 0.317 bits per heavy atom. The highest BCUT2D eigenvalue weighted by atomic mass is 32.2. The number of phenolic OH excluding ortho intramolecular Hbond substituents is 7. The van der Waals surface area contributed by atoms with Crippen LogP contribution in [0, 0.1) is 62.3 Å². The predicted octanol–water partition coefficient (Wildman–Crippen LogP) is 11.1. The van der Waals surface area contributed by atoms with Crippen molar-refractivity contribution in [1.29, 1.82) is 0 Å². The van der Waals surface area contributed by atoms with E-state index in [0.29, 0.717) is 27.8 Å². The number of hydrogen-bond donors (Lipinski definition) is 18. The maximum Gasteiger partial charge on any atom is 0.356 e. The first kappa shape index (κ1) is 87.2. The molecule has 0 saturated heterocycles. The molecule has 9 rings (SSSR count). The van der Waals surface area contributed by atoms with Crippen LogP contribution in [0.5, 0.6) is 46.0 Å². The zero-order valence-corrected chi connectivity index (χ0v) is 57.5. The minimum Gasteiger partial charge on any atom is -0.508 e. The van der Waals surface area contributed by atoms with E-state index in [9.17, 15) is 50.2 Å². The summed E-state index contributed by atoms with van der Waals surface area (Å²) in [7, 11) is -12.4. The molecule has 29 nitrogen and oxygen atoms in total. The second-order valence-electron chi connectivity index (χ2n) is 21.2. The Morgan fingerprint density at radius 3 is 1.11 bits per heavy atom. The van der Waals surface area contributed by atoms with Crippen molar-refractivity contribution in [2.45, 2.75) is 72.1 Å². The van der Waals surface area contributed by atoms with E-state index < -0.39 is 80.0 Å². The van der Waals surface area contributed by atoms with E-state index in [-0.39, 0.29) is 78.1 Å². The summed E-state index contributed by atoms with van der Waals surface area (Å²) in [5, 5.41) is 123. The Balaban J connectivity index is 0.000000569. The lowest BCUT2D eigenvalue weighted by molar-refractivity contribution is 0.0651. The average Bonchev–Trinajstić information content (AvgIpc) is 0.841. The summed E-state index contributed by atoms with van der Waals surface area (Å²) in [5.74, 6) is -8.60. The molecular formula is C69H73O29PS2. The molecule has 0 fully saturated rings. The van der Waals surface area contributed by atoms with E-state index in [1.807, 2.05) is 13.8 Å². The van der Waals surface area contributed by atoms with Crippen LogP contribution in [-0.4, -0.2) is 143 Å². The van der Waals surface area contributed by atoms with Gasteiger partial charge in [0.25, 0.3) is 20.2 Å². The smallest absolute Gasteiger partial charge is 0.356 e.